The van der Waals surface area contributed by atoms with E-state index in [1.165, 1.54) is 0 Å². The number of hydrogen-bond acceptors (Lipinski definition) is 5. The summed E-state index contributed by atoms with van der Waals surface area (Å²) >= 11 is 21.1. The number of carboxylic acid groups (broad SMARTS) is 1. The molecule has 3 aromatic rings. The molecule has 11 heteroatoms. The molecule has 0 radical (unpaired) electrons. The molecule has 0 amide bonds. The smallest absolute Gasteiger partial charge is 0.356 e. The fraction of sp³-hybridized carbons (Fsp3) is 0. The number of halogens is 4. The molecular weight excluding hydrogens is 458 g/mol. The van der Waals surface area contributed by atoms with E-state index < -0.39 is 11.7 Å². The minimum atomic E-state index is -1.39. The highest BCUT2D eigenvalue weighted by molar-refractivity contribution is 9.10. The zero-order chi connectivity index (χ0) is 18.3. The molecule has 0 saturated heterocycles. The molecule has 0 atom stereocenters. The van der Waals surface area contributed by atoms with Crippen LogP contribution in [0.4, 0.5) is 11.4 Å². The van der Waals surface area contributed by atoms with E-state index in [1.807, 2.05) is 0 Å². The fourth-order valence-electron chi connectivity index (χ4n) is 2.07. The normalized spacial score (nSPS) is 11.5. The van der Waals surface area contributed by atoms with E-state index in [0.717, 1.165) is 4.47 Å². The third-order valence-electron chi connectivity index (χ3n) is 3.18. The number of hydrogen-bond donors (Lipinski definition) is 3. The molecule has 0 aliphatic carbocycles. The number of aromatic nitrogens is 2. The molecule has 1 aromatic carbocycles. The number of fused-ring (bicyclic) bond motifs is 1. The van der Waals surface area contributed by atoms with E-state index >= 15 is 0 Å². The van der Waals surface area contributed by atoms with Crippen LogP contribution in [0, 0.1) is 0 Å². The van der Waals surface area contributed by atoms with E-state index in [1.54, 1.807) is 18.2 Å². The lowest BCUT2D eigenvalue weighted by Crippen LogP contribution is -2.02. The topological polar surface area (TPSA) is 111 Å². The maximum absolute atomic E-state index is 11.2. The summed E-state index contributed by atoms with van der Waals surface area (Å²) in [6.07, 6.45) is 0. The van der Waals surface area contributed by atoms with Gasteiger partial charge < -0.3 is 15.2 Å². The number of nitrogens with zero attached hydrogens (tertiary/aromatic N) is 3. The highest BCUT2D eigenvalue weighted by Gasteiger charge is 2.21. The quantitative estimate of drug-likeness (QED) is 0.321. The molecule has 2 heterocycles. The van der Waals surface area contributed by atoms with Crippen LogP contribution < -0.4 is 0 Å². The maximum Gasteiger partial charge on any atom is 0.356 e. The van der Waals surface area contributed by atoms with Crippen LogP contribution in [-0.2, 0) is 0 Å². The monoisotopic (exact) mass is 462 g/mol. The summed E-state index contributed by atoms with van der Waals surface area (Å²) in [5.74, 6) is -1.61. The van der Waals surface area contributed by atoms with Gasteiger partial charge in [-0.2, -0.15) is 0 Å². The lowest BCUT2D eigenvalue weighted by molar-refractivity contribution is 0.0690. The number of carbonyl (C=O) groups is 1. The Morgan fingerprint density at radius 1 is 1.16 bits per heavy atom. The highest BCUT2D eigenvalue weighted by Crippen LogP contribution is 2.42. The van der Waals surface area contributed by atoms with Crippen molar-refractivity contribution in [2.24, 2.45) is 10.2 Å². The lowest BCUT2D eigenvalue weighted by Gasteiger charge is -2.05. The van der Waals surface area contributed by atoms with Crippen molar-refractivity contribution in [2.75, 3.05) is 0 Å². The summed E-state index contributed by atoms with van der Waals surface area (Å²) in [5.41, 5.74) is 0.0967. The second-order valence-corrected chi connectivity index (χ2v) is 6.77. The summed E-state index contributed by atoms with van der Waals surface area (Å²) in [4.78, 5) is 17.5. The Balaban J connectivity index is 2.17. The SMILES string of the molecule is O=C(O)c1nc(Cl)c(Cl)c(N=Nc2c(O)[nH]c3ccc(Br)cc23)c1Cl. The fourth-order valence-corrected chi connectivity index (χ4v) is 3.08. The first-order chi connectivity index (χ1) is 11.8. The number of rotatable bonds is 3. The molecule has 0 aliphatic rings. The van der Waals surface area contributed by atoms with Crippen LogP contribution in [0.2, 0.25) is 15.2 Å². The predicted molar refractivity (Wildman–Crippen MR) is 98.1 cm³/mol. The molecule has 7 nitrogen and oxygen atoms in total. The van der Waals surface area contributed by atoms with E-state index in [-0.39, 0.29) is 32.5 Å². The molecular formula is C14H6BrCl3N4O3. The summed E-state index contributed by atoms with van der Waals surface area (Å²) in [6.45, 7) is 0. The first kappa shape index (κ1) is 17.9. The second kappa shape index (κ2) is 6.80. The molecule has 2 aromatic heterocycles. The predicted octanol–water partition coefficient (Wildman–Crippen LogP) is 6.10. The Bertz CT molecular complexity index is 1050. The maximum atomic E-state index is 11.2. The van der Waals surface area contributed by atoms with Gasteiger partial charge in [-0.05, 0) is 18.2 Å². The first-order valence-corrected chi connectivity index (χ1v) is 8.42. The van der Waals surface area contributed by atoms with Gasteiger partial charge in [0.15, 0.2) is 16.5 Å². The number of aromatic hydroxyl groups is 1. The van der Waals surface area contributed by atoms with Crippen molar-refractivity contribution in [1.82, 2.24) is 9.97 Å². The van der Waals surface area contributed by atoms with Crippen LogP contribution in [0.15, 0.2) is 32.9 Å². The van der Waals surface area contributed by atoms with Gasteiger partial charge in [0.2, 0.25) is 5.88 Å². The van der Waals surface area contributed by atoms with Gasteiger partial charge in [0.25, 0.3) is 0 Å². The van der Waals surface area contributed by atoms with Crippen molar-refractivity contribution >= 4 is 79.0 Å². The third kappa shape index (κ3) is 3.30. The number of aromatic amines is 1. The van der Waals surface area contributed by atoms with Crippen LogP contribution in [-0.4, -0.2) is 26.2 Å². The van der Waals surface area contributed by atoms with E-state index in [9.17, 15) is 9.90 Å². The molecule has 0 saturated carbocycles. The van der Waals surface area contributed by atoms with Crippen LogP contribution in [0.1, 0.15) is 10.5 Å². The van der Waals surface area contributed by atoms with Gasteiger partial charge in [-0.25, -0.2) is 9.78 Å². The Morgan fingerprint density at radius 3 is 2.52 bits per heavy atom. The molecule has 3 rings (SSSR count). The molecule has 25 heavy (non-hydrogen) atoms. The average molecular weight is 464 g/mol. The molecule has 0 fully saturated rings. The van der Waals surface area contributed by atoms with Gasteiger partial charge >= 0.3 is 5.97 Å². The van der Waals surface area contributed by atoms with Crippen molar-refractivity contribution < 1.29 is 15.0 Å². The number of H-pyrrole nitrogens is 1. The van der Waals surface area contributed by atoms with Gasteiger partial charge in [0.05, 0.1) is 5.52 Å². The molecule has 0 unspecified atom stereocenters. The number of pyridine rings is 1. The van der Waals surface area contributed by atoms with Crippen molar-refractivity contribution in [3.8, 4) is 5.88 Å². The number of benzene rings is 1. The Morgan fingerprint density at radius 2 is 1.84 bits per heavy atom. The second-order valence-electron chi connectivity index (χ2n) is 4.75. The van der Waals surface area contributed by atoms with Gasteiger partial charge in [0, 0.05) is 9.86 Å². The van der Waals surface area contributed by atoms with Crippen LogP contribution in [0.5, 0.6) is 5.88 Å². The average Bonchev–Trinajstić information content (AvgIpc) is 2.85. The summed E-state index contributed by atoms with van der Waals surface area (Å²) in [7, 11) is 0. The molecule has 0 spiro atoms. The number of nitrogens with one attached hydrogen (secondary N) is 1. The standard InChI is InChI=1S/C14H6BrCl3N4O3/c15-4-1-2-6-5(3-4)9(13(23)19-6)21-22-10-7(16)11(14(24)25)20-12(18)8(10)17/h1-3,19,23H,(H,24,25). The Labute approximate surface area is 163 Å². The van der Waals surface area contributed by atoms with Crippen molar-refractivity contribution in [1.29, 1.82) is 0 Å². The number of azo groups is 1. The summed E-state index contributed by atoms with van der Waals surface area (Å²) in [6, 6.07) is 5.25. The van der Waals surface area contributed by atoms with Crippen molar-refractivity contribution in [3.63, 3.8) is 0 Å². The van der Waals surface area contributed by atoms with Crippen LogP contribution >= 0.6 is 50.7 Å². The minimum absolute atomic E-state index is 0.133. The Hall–Kier alpha value is -1.87. The van der Waals surface area contributed by atoms with E-state index in [4.69, 9.17) is 39.9 Å². The van der Waals surface area contributed by atoms with E-state index in [2.05, 4.69) is 36.1 Å². The molecule has 3 N–H and O–H groups in total. The zero-order valence-corrected chi connectivity index (χ0v) is 15.7. The van der Waals surface area contributed by atoms with E-state index in [0.29, 0.717) is 10.9 Å². The van der Waals surface area contributed by atoms with Crippen LogP contribution in [0.25, 0.3) is 10.9 Å². The third-order valence-corrected chi connectivity index (χ3v) is 4.76. The minimum Gasteiger partial charge on any atom is -0.493 e. The van der Waals surface area contributed by atoms with Gasteiger partial charge in [-0.1, -0.05) is 50.7 Å². The zero-order valence-electron chi connectivity index (χ0n) is 11.9. The lowest BCUT2D eigenvalue weighted by atomic mass is 10.2. The Kier molecular flexibility index (Phi) is 4.88. The van der Waals surface area contributed by atoms with Crippen molar-refractivity contribution in [3.05, 3.63) is 43.6 Å². The summed E-state index contributed by atoms with van der Waals surface area (Å²) in [5, 5.41) is 26.8. The first-order valence-electron chi connectivity index (χ1n) is 6.49. The largest absolute Gasteiger partial charge is 0.493 e. The molecule has 128 valence electrons. The number of carboxylic acids is 1. The van der Waals surface area contributed by atoms with Gasteiger partial charge in [0.1, 0.15) is 15.7 Å². The van der Waals surface area contributed by atoms with Gasteiger partial charge in [-0.15, -0.1) is 10.2 Å². The van der Waals surface area contributed by atoms with Crippen molar-refractivity contribution in [2.45, 2.75) is 0 Å². The highest BCUT2D eigenvalue weighted by atomic mass is 79.9. The summed E-state index contributed by atoms with van der Waals surface area (Å²) < 4.78 is 0.770. The molecule has 0 bridgehead atoms. The molecule has 0 aliphatic heterocycles. The van der Waals surface area contributed by atoms with Gasteiger partial charge in [-0.3, -0.25) is 0 Å². The van der Waals surface area contributed by atoms with Crippen LogP contribution in [0.3, 0.4) is 0 Å². The number of aromatic carboxylic acids is 1.